The summed E-state index contributed by atoms with van der Waals surface area (Å²) in [6, 6.07) is 4.69. The number of fused-ring (bicyclic) bond motifs is 1. The van der Waals surface area contributed by atoms with Gasteiger partial charge < -0.3 is 16.2 Å². The van der Waals surface area contributed by atoms with Crippen molar-refractivity contribution in [3.8, 4) is 0 Å². The van der Waals surface area contributed by atoms with Gasteiger partial charge in [-0.25, -0.2) is 9.37 Å². The molecule has 2 aromatic rings. The third-order valence-electron chi connectivity index (χ3n) is 3.21. The average molecular weight is 278 g/mol. The number of hydrogen-bond acceptors (Lipinski definition) is 5. The van der Waals surface area contributed by atoms with Crippen molar-refractivity contribution in [3.05, 3.63) is 24.0 Å². The van der Waals surface area contributed by atoms with Crippen molar-refractivity contribution in [3.63, 3.8) is 0 Å². The van der Waals surface area contributed by atoms with Crippen LogP contribution in [0.5, 0.6) is 0 Å². The third-order valence-corrected chi connectivity index (χ3v) is 3.21. The molecule has 0 amide bonds. The summed E-state index contributed by atoms with van der Waals surface area (Å²) in [7, 11) is 0. The number of nitrogens with zero attached hydrogens (tertiary/aromatic N) is 2. The summed E-state index contributed by atoms with van der Waals surface area (Å²) in [6.45, 7) is 2.73. The molecule has 2 rings (SSSR count). The molecule has 0 unspecified atom stereocenters. The Hall–Kier alpha value is -1.95. The van der Waals surface area contributed by atoms with Crippen LogP contribution in [0.3, 0.4) is 0 Å². The summed E-state index contributed by atoms with van der Waals surface area (Å²) < 4.78 is 13.7. The predicted octanol–water partition coefficient (Wildman–Crippen LogP) is 2.17. The van der Waals surface area contributed by atoms with Crippen LogP contribution in [-0.4, -0.2) is 28.2 Å². The first-order valence-electron chi connectivity index (χ1n) is 6.72. The van der Waals surface area contributed by atoms with Crippen LogP contribution >= 0.6 is 0 Å². The van der Waals surface area contributed by atoms with Crippen LogP contribution in [-0.2, 0) is 0 Å². The molecule has 4 N–H and O–H groups in total. The molecule has 1 atom stereocenters. The molecule has 0 bridgehead atoms. The van der Waals surface area contributed by atoms with Gasteiger partial charge in [0.15, 0.2) is 0 Å². The minimum absolute atomic E-state index is 0.0288. The Balaban J connectivity index is 2.27. The summed E-state index contributed by atoms with van der Waals surface area (Å²) in [6.07, 6.45) is 1.91. The quantitative estimate of drug-likeness (QED) is 0.754. The van der Waals surface area contributed by atoms with E-state index < -0.39 is 5.82 Å². The maximum atomic E-state index is 13.7. The van der Waals surface area contributed by atoms with Crippen molar-refractivity contribution in [2.24, 2.45) is 5.92 Å². The molecule has 20 heavy (non-hydrogen) atoms. The van der Waals surface area contributed by atoms with Gasteiger partial charge in [-0.05, 0) is 24.5 Å². The molecule has 0 aliphatic heterocycles. The number of halogens is 1. The number of aromatic nitrogens is 2. The number of aliphatic hydroxyl groups excluding tert-OH is 1. The highest BCUT2D eigenvalue weighted by molar-refractivity contribution is 5.90. The molecule has 0 spiro atoms. The van der Waals surface area contributed by atoms with Crippen LogP contribution in [0.2, 0.25) is 0 Å². The number of nitrogens with two attached hydrogens (primary N) is 1. The van der Waals surface area contributed by atoms with E-state index in [0.717, 1.165) is 12.8 Å². The van der Waals surface area contributed by atoms with Crippen LogP contribution in [0.1, 0.15) is 19.8 Å². The highest BCUT2D eigenvalue weighted by Gasteiger charge is 2.11. The van der Waals surface area contributed by atoms with Crippen LogP contribution in [0.4, 0.5) is 16.2 Å². The molecule has 5 nitrogen and oxygen atoms in total. The van der Waals surface area contributed by atoms with Gasteiger partial charge in [0.25, 0.3) is 0 Å². The fourth-order valence-electron chi connectivity index (χ4n) is 2.18. The molecule has 6 heteroatoms. The summed E-state index contributed by atoms with van der Waals surface area (Å²) in [5.41, 5.74) is 5.82. The van der Waals surface area contributed by atoms with Crippen molar-refractivity contribution in [1.29, 1.82) is 0 Å². The Morgan fingerprint density at radius 2 is 2.20 bits per heavy atom. The van der Waals surface area contributed by atoms with E-state index in [1.54, 1.807) is 12.1 Å². The Kier molecular flexibility index (Phi) is 4.68. The van der Waals surface area contributed by atoms with Crippen LogP contribution in [0, 0.1) is 11.7 Å². The van der Waals surface area contributed by atoms with Crippen LogP contribution in [0.25, 0.3) is 10.9 Å². The number of aliphatic hydroxyl groups is 1. The molecule has 0 radical (unpaired) electrons. The molecule has 0 fully saturated rings. The second-order valence-corrected chi connectivity index (χ2v) is 4.78. The fraction of sp³-hybridized carbons (Fsp3) is 0.429. The Morgan fingerprint density at radius 1 is 1.40 bits per heavy atom. The molecule has 108 valence electrons. The zero-order valence-corrected chi connectivity index (χ0v) is 11.4. The number of hydrogen-bond donors (Lipinski definition) is 3. The normalized spacial score (nSPS) is 12.6. The van der Waals surface area contributed by atoms with Crippen molar-refractivity contribution >= 4 is 22.7 Å². The molecule has 0 saturated carbocycles. The van der Waals surface area contributed by atoms with Gasteiger partial charge in [-0.3, -0.25) is 0 Å². The number of nitrogens with one attached hydrogen (secondary N) is 1. The summed E-state index contributed by atoms with van der Waals surface area (Å²) in [5, 5.41) is 13.0. The molecule has 1 aromatic heterocycles. The first kappa shape index (κ1) is 14.5. The summed E-state index contributed by atoms with van der Waals surface area (Å²) in [4.78, 5) is 8.04. The van der Waals surface area contributed by atoms with Gasteiger partial charge in [0.2, 0.25) is 5.95 Å². The van der Waals surface area contributed by atoms with E-state index in [1.807, 2.05) is 0 Å². The van der Waals surface area contributed by atoms with Crippen LogP contribution in [0.15, 0.2) is 18.2 Å². The SMILES string of the molecule is CCC[C@@H](CO)CNc1nc(N)nc2c(F)cccc12. The monoisotopic (exact) mass is 278 g/mol. The lowest BCUT2D eigenvalue weighted by Gasteiger charge is -2.15. The zero-order chi connectivity index (χ0) is 14.5. The highest BCUT2D eigenvalue weighted by Crippen LogP contribution is 2.23. The first-order valence-corrected chi connectivity index (χ1v) is 6.72. The Bertz CT molecular complexity index is 591. The topological polar surface area (TPSA) is 84.1 Å². The predicted molar refractivity (Wildman–Crippen MR) is 77.9 cm³/mol. The number of para-hydroxylation sites is 1. The molecule has 1 aromatic carbocycles. The van der Waals surface area contributed by atoms with E-state index >= 15 is 0 Å². The maximum absolute atomic E-state index is 13.7. The molecular formula is C14H19FN4O. The second kappa shape index (κ2) is 6.47. The van der Waals surface area contributed by atoms with Crippen molar-refractivity contribution in [2.75, 3.05) is 24.2 Å². The number of benzene rings is 1. The van der Waals surface area contributed by atoms with Crippen molar-refractivity contribution in [2.45, 2.75) is 19.8 Å². The number of rotatable bonds is 6. The van der Waals surface area contributed by atoms with E-state index in [4.69, 9.17) is 5.73 Å². The molecule has 0 aliphatic rings. The lowest BCUT2D eigenvalue weighted by atomic mass is 10.1. The zero-order valence-electron chi connectivity index (χ0n) is 11.4. The van der Waals surface area contributed by atoms with Crippen molar-refractivity contribution < 1.29 is 9.50 Å². The molecule has 1 heterocycles. The van der Waals surface area contributed by atoms with Gasteiger partial charge >= 0.3 is 0 Å². The summed E-state index contributed by atoms with van der Waals surface area (Å²) in [5.74, 6) is 0.245. The standard InChI is InChI=1S/C14H19FN4O/c1-2-4-9(8-20)7-17-13-10-5-3-6-11(15)12(10)18-14(16)19-13/h3,5-6,9,20H,2,4,7-8H2,1H3,(H3,16,17,18,19)/t9-/m1/s1. The summed E-state index contributed by atoms with van der Waals surface area (Å²) >= 11 is 0. The van der Waals surface area contributed by atoms with Crippen LogP contribution < -0.4 is 11.1 Å². The molecule has 0 saturated heterocycles. The smallest absolute Gasteiger partial charge is 0.222 e. The van der Waals surface area contributed by atoms with E-state index in [2.05, 4.69) is 22.2 Å². The highest BCUT2D eigenvalue weighted by atomic mass is 19.1. The molecule has 0 aliphatic carbocycles. The first-order chi connectivity index (χ1) is 9.65. The fourth-order valence-corrected chi connectivity index (χ4v) is 2.18. The minimum atomic E-state index is -0.424. The molecular weight excluding hydrogens is 259 g/mol. The number of anilines is 2. The van der Waals surface area contributed by atoms with E-state index in [1.165, 1.54) is 6.07 Å². The van der Waals surface area contributed by atoms with Gasteiger partial charge in [0.05, 0.1) is 0 Å². The number of nitrogen functional groups attached to an aromatic ring is 1. The Morgan fingerprint density at radius 3 is 2.90 bits per heavy atom. The maximum Gasteiger partial charge on any atom is 0.222 e. The van der Waals surface area contributed by atoms with Crippen molar-refractivity contribution in [1.82, 2.24) is 9.97 Å². The van der Waals surface area contributed by atoms with E-state index in [0.29, 0.717) is 17.7 Å². The van der Waals surface area contributed by atoms with Gasteiger partial charge in [0.1, 0.15) is 17.2 Å². The Labute approximate surface area is 117 Å². The van der Waals surface area contributed by atoms with E-state index in [9.17, 15) is 9.50 Å². The largest absolute Gasteiger partial charge is 0.396 e. The lowest BCUT2D eigenvalue weighted by Crippen LogP contribution is -2.19. The van der Waals surface area contributed by atoms with E-state index in [-0.39, 0.29) is 24.0 Å². The average Bonchev–Trinajstić information content (AvgIpc) is 2.44. The van der Waals surface area contributed by atoms with Gasteiger partial charge in [0, 0.05) is 18.5 Å². The lowest BCUT2D eigenvalue weighted by molar-refractivity contribution is 0.225. The van der Waals surface area contributed by atoms with Gasteiger partial charge in [-0.15, -0.1) is 0 Å². The second-order valence-electron chi connectivity index (χ2n) is 4.78. The van der Waals surface area contributed by atoms with Gasteiger partial charge in [-0.1, -0.05) is 19.4 Å². The van der Waals surface area contributed by atoms with Gasteiger partial charge in [-0.2, -0.15) is 4.98 Å². The third kappa shape index (κ3) is 3.14. The minimum Gasteiger partial charge on any atom is -0.396 e.